The molecule has 0 unspecified atom stereocenters. The number of nitrogens with zero attached hydrogens (tertiary/aromatic N) is 4. The van der Waals surface area contributed by atoms with Crippen LogP contribution in [-0.2, 0) is 11.2 Å². The molecule has 5 rings (SSSR count). The van der Waals surface area contributed by atoms with Gasteiger partial charge in [-0.25, -0.2) is 4.98 Å². The van der Waals surface area contributed by atoms with Crippen LogP contribution in [0.2, 0.25) is 0 Å². The molecular weight excluding hydrogens is 508 g/mol. The first-order valence-electron chi connectivity index (χ1n) is 12.1. The minimum atomic E-state index is -0.198. The monoisotopic (exact) mass is 536 g/mol. The van der Waals surface area contributed by atoms with Gasteiger partial charge in [0.1, 0.15) is 15.8 Å². The third-order valence-corrected chi connectivity index (χ3v) is 7.99. The van der Waals surface area contributed by atoms with Gasteiger partial charge in [0, 0.05) is 25.8 Å². The molecule has 10 heteroatoms. The summed E-state index contributed by atoms with van der Waals surface area (Å²) in [5.41, 5.74) is 2.78. The fraction of sp³-hybridized carbons (Fsp3) is 0.333. The number of aromatic nitrogens is 2. The summed E-state index contributed by atoms with van der Waals surface area (Å²) in [4.78, 5) is 36.0. The third kappa shape index (κ3) is 4.95. The van der Waals surface area contributed by atoms with Crippen LogP contribution < -0.4 is 19.9 Å². The minimum Gasteiger partial charge on any atom is -0.493 e. The molecule has 3 aromatic rings. The molecule has 1 amide bonds. The molecule has 8 nitrogen and oxygen atoms in total. The van der Waals surface area contributed by atoms with Crippen LogP contribution in [0.3, 0.4) is 0 Å². The zero-order valence-corrected chi connectivity index (χ0v) is 22.7. The number of pyridine rings is 1. The lowest BCUT2D eigenvalue weighted by molar-refractivity contribution is -0.122. The van der Waals surface area contributed by atoms with Crippen LogP contribution >= 0.6 is 24.0 Å². The quantitative estimate of drug-likeness (QED) is 0.331. The number of aryl methyl sites for hydroxylation is 1. The van der Waals surface area contributed by atoms with E-state index < -0.39 is 0 Å². The first-order chi connectivity index (χ1) is 17.9. The maximum absolute atomic E-state index is 13.6. The van der Waals surface area contributed by atoms with Crippen LogP contribution in [-0.4, -0.2) is 58.4 Å². The number of anilines is 1. The van der Waals surface area contributed by atoms with Crippen molar-refractivity contribution in [2.45, 2.75) is 26.2 Å². The van der Waals surface area contributed by atoms with E-state index in [4.69, 9.17) is 26.7 Å². The first-order valence-corrected chi connectivity index (χ1v) is 13.4. The normalized spacial score (nSPS) is 16.9. The Hall–Kier alpha value is -3.37. The molecule has 0 saturated carbocycles. The van der Waals surface area contributed by atoms with Crippen molar-refractivity contribution in [3.8, 4) is 11.5 Å². The van der Waals surface area contributed by atoms with Gasteiger partial charge in [0.25, 0.3) is 11.5 Å². The highest BCUT2D eigenvalue weighted by Crippen LogP contribution is 2.34. The Balaban J connectivity index is 1.45. The van der Waals surface area contributed by atoms with Crippen LogP contribution in [0.4, 0.5) is 5.82 Å². The predicted octanol–water partition coefficient (Wildman–Crippen LogP) is 4.06. The van der Waals surface area contributed by atoms with Crippen molar-refractivity contribution in [1.29, 1.82) is 0 Å². The number of rotatable bonds is 7. The summed E-state index contributed by atoms with van der Waals surface area (Å²) >= 11 is 6.78. The van der Waals surface area contributed by atoms with E-state index in [1.807, 2.05) is 37.3 Å². The molecule has 0 aliphatic carbocycles. The lowest BCUT2D eigenvalue weighted by Crippen LogP contribution is -2.30. The Morgan fingerprint density at radius 3 is 2.57 bits per heavy atom. The molecule has 0 N–H and O–H groups in total. The number of thioether (sulfide) groups is 1. The lowest BCUT2D eigenvalue weighted by atomic mass is 10.1. The lowest BCUT2D eigenvalue weighted by Gasteiger charge is -2.19. The van der Waals surface area contributed by atoms with E-state index >= 15 is 0 Å². The fourth-order valence-corrected chi connectivity index (χ4v) is 5.93. The van der Waals surface area contributed by atoms with Gasteiger partial charge in [-0.3, -0.25) is 18.9 Å². The molecule has 1 aromatic carbocycles. The summed E-state index contributed by atoms with van der Waals surface area (Å²) in [6, 6.07) is 9.49. The number of ether oxygens (including phenoxy) is 2. The van der Waals surface area contributed by atoms with Crippen LogP contribution in [0.25, 0.3) is 11.7 Å². The minimum absolute atomic E-state index is 0.189. The number of hydrogen-bond acceptors (Lipinski definition) is 8. The number of thiocarbonyl (C=S) groups is 1. The SMILES string of the molecule is COc1ccc(CCN2C(=O)C(=Cc3c(N4CCCC4)nc4ccc(C)cn4c3=O)SC2=S)cc1OC. The van der Waals surface area contributed by atoms with E-state index in [2.05, 4.69) is 4.90 Å². The van der Waals surface area contributed by atoms with Gasteiger partial charge in [0.05, 0.1) is 24.7 Å². The first kappa shape index (κ1) is 25.3. The third-order valence-electron chi connectivity index (χ3n) is 6.61. The largest absolute Gasteiger partial charge is 0.493 e. The molecular formula is C27H28N4O4S2. The Morgan fingerprint density at radius 2 is 1.84 bits per heavy atom. The second-order valence-electron chi connectivity index (χ2n) is 9.06. The van der Waals surface area contributed by atoms with Gasteiger partial charge < -0.3 is 14.4 Å². The Bertz CT molecular complexity index is 1480. The van der Waals surface area contributed by atoms with E-state index in [0.717, 1.165) is 37.1 Å². The smallest absolute Gasteiger partial charge is 0.267 e. The second kappa shape index (κ2) is 10.5. The summed E-state index contributed by atoms with van der Waals surface area (Å²) in [6.45, 7) is 4.03. The standard InChI is InChI=1S/C27H28N4O4S2/c1-17-6-9-23-28-24(29-11-4-5-12-29)19(25(32)31(23)16-17)15-22-26(33)30(27(36)37-22)13-10-18-7-8-20(34-2)21(14-18)35-3/h6-9,14-16H,4-5,10-13H2,1-3H3. The van der Waals surface area contributed by atoms with Gasteiger partial charge in [0.15, 0.2) is 11.5 Å². The van der Waals surface area contributed by atoms with Crippen molar-refractivity contribution in [2.24, 2.45) is 0 Å². The van der Waals surface area contributed by atoms with Crippen LogP contribution in [0, 0.1) is 6.92 Å². The van der Waals surface area contributed by atoms with Crippen molar-refractivity contribution in [3.63, 3.8) is 0 Å². The van der Waals surface area contributed by atoms with E-state index in [-0.39, 0.29) is 11.5 Å². The number of benzene rings is 1. The Labute approximate surface area is 224 Å². The van der Waals surface area contributed by atoms with Gasteiger partial charge in [0.2, 0.25) is 0 Å². The van der Waals surface area contributed by atoms with Gasteiger partial charge in [-0.05, 0) is 61.6 Å². The van der Waals surface area contributed by atoms with Crippen molar-refractivity contribution < 1.29 is 14.3 Å². The van der Waals surface area contributed by atoms with Crippen LogP contribution in [0.5, 0.6) is 11.5 Å². The van der Waals surface area contributed by atoms with Crippen molar-refractivity contribution in [2.75, 3.05) is 38.8 Å². The maximum atomic E-state index is 13.6. The van der Waals surface area contributed by atoms with E-state index in [1.54, 1.807) is 35.8 Å². The Morgan fingerprint density at radius 1 is 1.08 bits per heavy atom. The molecule has 2 fully saturated rings. The van der Waals surface area contributed by atoms with Crippen LogP contribution in [0.15, 0.2) is 46.2 Å². The number of hydrogen-bond donors (Lipinski definition) is 0. The summed E-state index contributed by atoms with van der Waals surface area (Å²) < 4.78 is 12.7. The topological polar surface area (TPSA) is 76.4 Å². The average molecular weight is 537 g/mol. The van der Waals surface area contributed by atoms with Crippen molar-refractivity contribution >= 4 is 51.7 Å². The molecule has 2 aliphatic heterocycles. The molecule has 2 saturated heterocycles. The number of fused-ring (bicyclic) bond motifs is 1. The van der Waals surface area contributed by atoms with Gasteiger partial charge in [-0.1, -0.05) is 36.1 Å². The number of carbonyl (C=O) groups is 1. The van der Waals surface area contributed by atoms with E-state index in [9.17, 15) is 9.59 Å². The van der Waals surface area contributed by atoms with E-state index in [0.29, 0.717) is 50.7 Å². The number of carbonyl (C=O) groups excluding carboxylic acids is 1. The second-order valence-corrected chi connectivity index (χ2v) is 10.7. The predicted molar refractivity (Wildman–Crippen MR) is 151 cm³/mol. The molecule has 4 heterocycles. The van der Waals surface area contributed by atoms with Gasteiger partial charge >= 0.3 is 0 Å². The molecule has 192 valence electrons. The highest BCUT2D eigenvalue weighted by atomic mass is 32.2. The summed E-state index contributed by atoms with van der Waals surface area (Å²) in [5.74, 6) is 1.72. The van der Waals surface area contributed by atoms with Crippen molar-refractivity contribution in [3.05, 3.63) is 68.5 Å². The van der Waals surface area contributed by atoms with Crippen molar-refractivity contribution in [1.82, 2.24) is 14.3 Å². The highest BCUT2D eigenvalue weighted by Gasteiger charge is 2.33. The zero-order valence-electron chi connectivity index (χ0n) is 21.0. The molecule has 2 aromatic heterocycles. The Kier molecular flexibility index (Phi) is 7.21. The van der Waals surface area contributed by atoms with Crippen LogP contribution in [0.1, 0.15) is 29.5 Å². The van der Waals surface area contributed by atoms with E-state index in [1.165, 1.54) is 11.8 Å². The summed E-state index contributed by atoms with van der Waals surface area (Å²) in [7, 11) is 3.19. The van der Waals surface area contributed by atoms with Gasteiger partial charge in [-0.2, -0.15) is 0 Å². The summed E-state index contributed by atoms with van der Waals surface area (Å²) in [5, 5.41) is 0. The zero-order chi connectivity index (χ0) is 26.1. The summed E-state index contributed by atoms with van der Waals surface area (Å²) in [6.07, 6.45) is 6.15. The molecule has 2 aliphatic rings. The molecule has 0 radical (unpaired) electrons. The number of methoxy groups -OCH3 is 2. The molecule has 0 spiro atoms. The molecule has 0 bridgehead atoms. The maximum Gasteiger partial charge on any atom is 0.267 e. The molecule has 37 heavy (non-hydrogen) atoms. The molecule has 0 atom stereocenters. The van der Waals surface area contributed by atoms with Gasteiger partial charge in [-0.15, -0.1) is 0 Å². The average Bonchev–Trinajstić information content (AvgIpc) is 3.53. The number of amides is 1. The fourth-order valence-electron chi connectivity index (χ4n) is 4.64. The highest BCUT2D eigenvalue weighted by molar-refractivity contribution is 8.26.